The molecule has 0 atom stereocenters. The molecule has 0 spiro atoms. The molecule has 0 saturated heterocycles. The smallest absolute Gasteiger partial charge is 0.271 e. The van der Waals surface area contributed by atoms with Crippen LogP contribution >= 0.6 is 11.6 Å². The summed E-state index contributed by atoms with van der Waals surface area (Å²) in [6.07, 6.45) is 1.58. The van der Waals surface area contributed by atoms with Crippen molar-refractivity contribution in [2.45, 2.75) is 6.54 Å². The van der Waals surface area contributed by atoms with Gasteiger partial charge in [0, 0.05) is 19.5 Å². The van der Waals surface area contributed by atoms with Gasteiger partial charge in [0.2, 0.25) is 0 Å². The molecule has 6 nitrogen and oxygen atoms in total. The van der Waals surface area contributed by atoms with Gasteiger partial charge in [0.15, 0.2) is 5.69 Å². The zero-order valence-corrected chi connectivity index (χ0v) is 12.8. The number of benzene rings is 1. The van der Waals surface area contributed by atoms with Crippen molar-refractivity contribution in [3.05, 3.63) is 47.5 Å². The van der Waals surface area contributed by atoms with E-state index in [1.165, 1.54) is 0 Å². The second-order valence-corrected chi connectivity index (χ2v) is 5.41. The molecule has 2 amide bonds. The zero-order chi connectivity index (χ0) is 15.7. The number of carbonyl (C=O) groups is 2. The topological polar surface area (TPSA) is 67.2 Å². The summed E-state index contributed by atoms with van der Waals surface area (Å²) in [6.45, 7) is 0.690. The summed E-state index contributed by atoms with van der Waals surface area (Å²) in [5, 5.41) is 2.71. The van der Waals surface area contributed by atoms with Crippen molar-refractivity contribution in [3.63, 3.8) is 0 Å². The third kappa shape index (κ3) is 2.35. The van der Waals surface area contributed by atoms with E-state index in [0.29, 0.717) is 35.9 Å². The van der Waals surface area contributed by atoms with Gasteiger partial charge in [-0.15, -0.1) is 11.6 Å². The third-order valence-electron chi connectivity index (χ3n) is 3.59. The van der Waals surface area contributed by atoms with Crippen LogP contribution in [0.15, 0.2) is 30.6 Å². The van der Waals surface area contributed by atoms with Gasteiger partial charge in [0.25, 0.3) is 11.8 Å². The molecule has 1 aromatic carbocycles. The Bertz CT molecular complexity index is 741. The predicted octanol–water partition coefficient (Wildman–Crippen LogP) is 1.43. The molecule has 1 aromatic heterocycles. The predicted molar refractivity (Wildman–Crippen MR) is 82.4 cm³/mol. The number of para-hydroxylation sites is 1. The maximum absolute atomic E-state index is 12.4. The normalized spacial score (nSPS) is 13.4. The molecule has 114 valence electrons. The molecule has 0 aliphatic carbocycles. The van der Waals surface area contributed by atoms with Crippen LogP contribution in [-0.4, -0.2) is 45.7 Å². The van der Waals surface area contributed by atoms with Crippen LogP contribution in [0, 0.1) is 0 Å². The van der Waals surface area contributed by atoms with E-state index in [1.807, 2.05) is 18.2 Å². The van der Waals surface area contributed by atoms with Crippen LogP contribution in [0.5, 0.6) is 0 Å². The minimum Gasteiger partial charge on any atom is -0.349 e. The number of amides is 2. The molecule has 0 bridgehead atoms. The Kier molecular flexibility index (Phi) is 3.85. The molecule has 1 aliphatic rings. The number of aromatic nitrogens is 2. The monoisotopic (exact) mass is 318 g/mol. The van der Waals surface area contributed by atoms with Crippen LogP contribution in [0.4, 0.5) is 0 Å². The van der Waals surface area contributed by atoms with E-state index < -0.39 is 0 Å². The maximum Gasteiger partial charge on any atom is 0.271 e. The highest BCUT2D eigenvalue weighted by molar-refractivity contribution is 6.18. The number of fused-ring (bicyclic) bond motifs is 3. The van der Waals surface area contributed by atoms with E-state index in [9.17, 15) is 9.59 Å². The van der Waals surface area contributed by atoms with Gasteiger partial charge in [-0.3, -0.25) is 14.2 Å². The molecular weight excluding hydrogens is 304 g/mol. The summed E-state index contributed by atoms with van der Waals surface area (Å²) in [7, 11) is 1.71. The highest BCUT2D eigenvalue weighted by atomic mass is 35.5. The third-order valence-corrected chi connectivity index (χ3v) is 3.78. The standard InChI is InChI=1S/C15H15ClN4O2/c1-19-8-12-13(14(21)17-7-6-16)18-9-20(12)11-5-3-2-4-10(11)15(19)22/h2-5,9H,6-8H2,1H3,(H,17,21). The van der Waals surface area contributed by atoms with Crippen molar-refractivity contribution in [1.29, 1.82) is 0 Å². The second-order valence-electron chi connectivity index (χ2n) is 5.03. The van der Waals surface area contributed by atoms with Crippen LogP contribution in [0.1, 0.15) is 26.5 Å². The van der Waals surface area contributed by atoms with Crippen molar-refractivity contribution in [2.75, 3.05) is 19.5 Å². The molecule has 0 fully saturated rings. The molecule has 1 aliphatic heterocycles. The molecule has 0 radical (unpaired) electrons. The van der Waals surface area contributed by atoms with Gasteiger partial charge in [-0.25, -0.2) is 4.98 Å². The van der Waals surface area contributed by atoms with Crippen molar-refractivity contribution in [1.82, 2.24) is 19.8 Å². The van der Waals surface area contributed by atoms with Crippen molar-refractivity contribution in [2.24, 2.45) is 0 Å². The Labute approximate surface area is 132 Å². The van der Waals surface area contributed by atoms with Crippen LogP contribution in [0.25, 0.3) is 5.69 Å². The summed E-state index contributed by atoms with van der Waals surface area (Å²) in [4.78, 5) is 30.4. The van der Waals surface area contributed by atoms with Crippen LogP contribution in [-0.2, 0) is 6.54 Å². The average molecular weight is 319 g/mol. The first-order chi connectivity index (χ1) is 10.6. The largest absolute Gasteiger partial charge is 0.349 e. The minimum atomic E-state index is -0.283. The van der Waals surface area contributed by atoms with E-state index in [1.54, 1.807) is 28.9 Å². The van der Waals surface area contributed by atoms with Gasteiger partial charge in [0.1, 0.15) is 6.33 Å². The number of carbonyl (C=O) groups excluding carboxylic acids is 2. The number of rotatable bonds is 3. The van der Waals surface area contributed by atoms with Crippen molar-refractivity contribution in [3.8, 4) is 5.69 Å². The van der Waals surface area contributed by atoms with Gasteiger partial charge in [0.05, 0.1) is 23.5 Å². The fourth-order valence-electron chi connectivity index (χ4n) is 2.53. The Morgan fingerprint density at radius 2 is 2.18 bits per heavy atom. The van der Waals surface area contributed by atoms with Crippen molar-refractivity contribution >= 4 is 23.4 Å². The van der Waals surface area contributed by atoms with Crippen LogP contribution in [0.2, 0.25) is 0 Å². The Morgan fingerprint density at radius 1 is 1.41 bits per heavy atom. The SMILES string of the molecule is CN1Cc2c(C(=O)NCCCl)ncn2-c2ccccc2C1=O. The number of alkyl halides is 1. The minimum absolute atomic E-state index is 0.0774. The molecule has 2 aromatic rings. The van der Waals surface area contributed by atoms with Gasteiger partial charge >= 0.3 is 0 Å². The Morgan fingerprint density at radius 3 is 2.95 bits per heavy atom. The molecule has 22 heavy (non-hydrogen) atoms. The maximum atomic E-state index is 12.4. The number of nitrogens with one attached hydrogen (secondary N) is 1. The summed E-state index contributed by atoms with van der Waals surface area (Å²) < 4.78 is 1.80. The van der Waals surface area contributed by atoms with E-state index in [4.69, 9.17) is 11.6 Å². The van der Waals surface area contributed by atoms with Gasteiger partial charge < -0.3 is 10.2 Å². The first-order valence-electron chi connectivity index (χ1n) is 6.88. The van der Waals surface area contributed by atoms with E-state index >= 15 is 0 Å². The first-order valence-corrected chi connectivity index (χ1v) is 7.42. The average Bonchev–Trinajstić information content (AvgIpc) is 2.91. The lowest BCUT2D eigenvalue weighted by Gasteiger charge is -2.14. The molecular formula is C15H15ClN4O2. The number of halogens is 1. The van der Waals surface area contributed by atoms with E-state index in [2.05, 4.69) is 10.3 Å². The van der Waals surface area contributed by atoms with Crippen LogP contribution in [0.3, 0.4) is 0 Å². The highest BCUT2D eigenvalue weighted by Crippen LogP contribution is 2.25. The summed E-state index contributed by atoms with van der Waals surface area (Å²) >= 11 is 5.59. The number of nitrogens with zero attached hydrogens (tertiary/aromatic N) is 3. The molecule has 3 rings (SSSR count). The van der Waals surface area contributed by atoms with E-state index in [-0.39, 0.29) is 11.8 Å². The van der Waals surface area contributed by atoms with Crippen LogP contribution < -0.4 is 5.32 Å². The molecule has 2 heterocycles. The quantitative estimate of drug-likeness (QED) is 0.871. The lowest BCUT2D eigenvalue weighted by atomic mass is 10.1. The van der Waals surface area contributed by atoms with Gasteiger partial charge in [-0.1, -0.05) is 12.1 Å². The number of hydrogen-bond donors (Lipinski definition) is 1. The number of imidazole rings is 1. The van der Waals surface area contributed by atoms with Gasteiger partial charge in [-0.05, 0) is 12.1 Å². The number of hydrogen-bond acceptors (Lipinski definition) is 3. The fourth-order valence-corrected chi connectivity index (χ4v) is 2.63. The lowest BCUT2D eigenvalue weighted by Crippen LogP contribution is -2.29. The van der Waals surface area contributed by atoms with Crippen molar-refractivity contribution < 1.29 is 9.59 Å². The summed E-state index contributed by atoms with van der Waals surface area (Å²) in [5.74, 6) is -0.0238. The van der Waals surface area contributed by atoms with Gasteiger partial charge in [-0.2, -0.15) is 0 Å². The fraction of sp³-hybridized carbons (Fsp3) is 0.267. The molecule has 0 saturated carbocycles. The lowest BCUT2D eigenvalue weighted by molar-refractivity contribution is 0.0785. The van der Waals surface area contributed by atoms with E-state index in [0.717, 1.165) is 5.69 Å². The Balaban J connectivity index is 2.10. The first kappa shape index (κ1) is 14.6. The highest BCUT2D eigenvalue weighted by Gasteiger charge is 2.27. The zero-order valence-electron chi connectivity index (χ0n) is 12.0. The summed E-state index contributed by atoms with van der Waals surface area (Å²) in [5.41, 5.74) is 2.33. The Hall–Kier alpha value is -2.34. The summed E-state index contributed by atoms with van der Waals surface area (Å²) in [6, 6.07) is 7.30. The molecule has 0 unspecified atom stereocenters. The molecule has 7 heteroatoms. The second kappa shape index (κ2) is 5.81. The molecule has 1 N–H and O–H groups in total.